The Balaban J connectivity index is 1.99. The van der Waals surface area contributed by atoms with Gasteiger partial charge in [0.1, 0.15) is 0 Å². The molecule has 102 valence electrons. The average molecular weight is 361 g/mol. The van der Waals surface area contributed by atoms with E-state index in [1.54, 1.807) is 23.5 Å². The molecular weight excluding hydrogens is 348 g/mol. The lowest BCUT2D eigenvalue weighted by Crippen LogP contribution is -2.15. The molecule has 2 rings (SSSR count). The third kappa shape index (κ3) is 4.12. The molecule has 1 heterocycles. The van der Waals surface area contributed by atoms with E-state index in [4.69, 9.17) is 5.14 Å². The predicted octanol–water partition coefficient (Wildman–Crippen LogP) is 2.45. The number of thiophene rings is 1. The van der Waals surface area contributed by atoms with Crippen LogP contribution in [-0.2, 0) is 23.1 Å². The first-order valence-electron chi connectivity index (χ1n) is 5.51. The van der Waals surface area contributed by atoms with E-state index in [1.165, 1.54) is 10.9 Å². The van der Waals surface area contributed by atoms with E-state index in [2.05, 4.69) is 21.2 Å². The highest BCUT2D eigenvalue weighted by Crippen LogP contribution is 2.22. The number of primary sulfonamides is 1. The van der Waals surface area contributed by atoms with Crippen molar-refractivity contribution >= 4 is 37.3 Å². The predicted molar refractivity (Wildman–Crippen MR) is 80.4 cm³/mol. The van der Waals surface area contributed by atoms with Crippen LogP contribution in [0.2, 0.25) is 0 Å². The van der Waals surface area contributed by atoms with Crippen molar-refractivity contribution < 1.29 is 8.42 Å². The second kappa shape index (κ2) is 6.15. The maximum absolute atomic E-state index is 11.2. The maximum Gasteiger partial charge on any atom is 0.238 e. The van der Waals surface area contributed by atoms with Crippen LogP contribution < -0.4 is 10.5 Å². The highest BCUT2D eigenvalue weighted by atomic mass is 79.9. The van der Waals surface area contributed by atoms with E-state index < -0.39 is 10.0 Å². The zero-order valence-corrected chi connectivity index (χ0v) is 13.2. The summed E-state index contributed by atoms with van der Waals surface area (Å²) in [6, 6.07) is 8.65. The number of nitrogens with one attached hydrogen (secondary N) is 1. The van der Waals surface area contributed by atoms with Crippen molar-refractivity contribution in [2.75, 3.05) is 0 Å². The number of benzene rings is 1. The Bertz CT molecular complexity index is 668. The summed E-state index contributed by atoms with van der Waals surface area (Å²) in [6.07, 6.45) is 0. The Kier molecular flexibility index (Phi) is 4.75. The van der Waals surface area contributed by atoms with Crippen molar-refractivity contribution in [3.8, 4) is 0 Å². The molecule has 0 aliphatic heterocycles. The lowest BCUT2D eigenvalue weighted by molar-refractivity contribution is 0.597. The van der Waals surface area contributed by atoms with E-state index in [0.717, 1.165) is 16.6 Å². The maximum atomic E-state index is 11.2. The van der Waals surface area contributed by atoms with E-state index >= 15 is 0 Å². The number of halogens is 1. The summed E-state index contributed by atoms with van der Waals surface area (Å²) in [7, 11) is -3.63. The molecule has 1 aromatic carbocycles. The Morgan fingerprint density at radius 2 is 2.05 bits per heavy atom. The molecule has 0 saturated carbocycles. The van der Waals surface area contributed by atoms with Crippen molar-refractivity contribution in [1.82, 2.24) is 5.32 Å². The van der Waals surface area contributed by atoms with Gasteiger partial charge in [-0.2, -0.15) is 0 Å². The smallest absolute Gasteiger partial charge is 0.238 e. The van der Waals surface area contributed by atoms with Gasteiger partial charge in [-0.3, -0.25) is 0 Å². The highest BCUT2D eigenvalue weighted by Gasteiger charge is 2.07. The van der Waals surface area contributed by atoms with Crippen LogP contribution in [-0.4, -0.2) is 8.42 Å². The van der Waals surface area contributed by atoms with Crippen molar-refractivity contribution in [3.63, 3.8) is 0 Å². The zero-order valence-electron chi connectivity index (χ0n) is 9.97. The number of rotatable bonds is 5. The average Bonchev–Trinajstić information content (AvgIpc) is 2.75. The molecule has 0 atom stereocenters. The molecule has 0 amide bonds. The van der Waals surface area contributed by atoms with Crippen LogP contribution in [0.5, 0.6) is 0 Å². The van der Waals surface area contributed by atoms with Gasteiger partial charge in [-0.1, -0.05) is 12.1 Å². The summed E-state index contributed by atoms with van der Waals surface area (Å²) in [5.74, 6) is 0. The Morgan fingerprint density at radius 3 is 2.68 bits per heavy atom. The van der Waals surface area contributed by atoms with Crippen LogP contribution in [0.25, 0.3) is 0 Å². The Morgan fingerprint density at radius 1 is 1.26 bits per heavy atom. The van der Waals surface area contributed by atoms with Crippen molar-refractivity contribution in [2.24, 2.45) is 5.14 Å². The first-order valence-corrected chi connectivity index (χ1v) is 8.73. The summed E-state index contributed by atoms with van der Waals surface area (Å²) in [4.78, 5) is 1.35. The molecule has 1 aromatic heterocycles. The van der Waals surface area contributed by atoms with Gasteiger partial charge in [-0.15, -0.1) is 11.3 Å². The number of sulfonamides is 1. The molecule has 0 saturated heterocycles. The van der Waals surface area contributed by atoms with Crippen molar-refractivity contribution in [2.45, 2.75) is 18.0 Å². The standard InChI is InChI=1S/C12H13BrN2O2S2/c13-11-4-5-18-12(11)8-15-7-9-2-1-3-10(6-9)19(14,16)17/h1-6,15H,7-8H2,(H2,14,16,17). The summed E-state index contributed by atoms with van der Waals surface area (Å²) in [5.41, 5.74) is 0.888. The van der Waals surface area contributed by atoms with Gasteiger partial charge in [-0.25, -0.2) is 13.6 Å². The fourth-order valence-corrected chi connectivity index (χ4v) is 3.65. The molecule has 0 unspecified atom stereocenters. The monoisotopic (exact) mass is 360 g/mol. The molecule has 0 radical (unpaired) electrons. The topological polar surface area (TPSA) is 72.2 Å². The van der Waals surface area contributed by atoms with E-state index in [1.807, 2.05) is 17.5 Å². The van der Waals surface area contributed by atoms with Gasteiger partial charge in [0.05, 0.1) is 4.90 Å². The molecule has 0 bridgehead atoms. The molecular formula is C12H13BrN2O2S2. The van der Waals surface area contributed by atoms with Gasteiger partial charge < -0.3 is 5.32 Å². The summed E-state index contributed by atoms with van der Waals surface area (Å²) in [5, 5.41) is 10.4. The number of nitrogens with two attached hydrogens (primary N) is 1. The van der Waals surface area contributed by atoms with Gasteiger partial charge in [-0.05, 0) is 45.1 Å². The quantitative estimate of drug-likeness (QED) is 0.859. The summed E-state index contributed by atoms with van der Waals surface area (Å²) < 4.78 is 23.6. The highest BCUT2D eigenvalue weighted by molar-refractivity contribution is 9.10. The minimum Gasteiger partial charge on any atom is -0.308 e. The molecule has 4 nitrogen and oxygen atoms in total. The van der Waals surface area contributed by atoms with Crippen LogP contribution in [0.4, 0.5) is 0 Å². The molecule has 0 aliphatic rings. The van der Waals surface area contributed by atoms with Gasteiger partial charge in [0.15, 0.2) is 0 Å². The molecule has 19 heavy (non-hydrogen) atoms. The normalized spacial score (nSPS) is 11.7. The largest absolute Gasteiger partial charge is 0.308 e. The van der Waals surface area contributed by atoms with Crippen LogP contribution in [0.1, 0.15) is 10.4 Å². The second-order valence-electron chi connectivity index (χ2n) is 3.99. The molecule has 3 N–H and O–H groups in total. The van der Waals surface area contributed by atoms with Gasteiger partial charge >= 0.3 is 0 Å². The lowest BCUT2D eigenvalue weighted by Gasteiger charge is -2.06. The van der Waals surface area contributed by atoms with E-state index in [0.29, 0.717) is 6.54 Å². The van der Waals surface area contributed by atoms with Crippen LogP contribution in [0.3, 0.4) is 0 Å². The van der Waals surface area contributed by atoms with E-state index in [-0.39, 0.29) is 4.90 Å². The molecule has 0 fully saturated rings. The first-order chi connectivity index (χ1) is 8.97. The summed E-state index contributed by atoms with van der Waals surface area (Å²) >= 11 is 5.13. The van der Waals surface area contributed by atoms with Crippen LogP contribution in [0.15, 0.2) is 45.1 Å². The Hall–Kier alpha value is -0.730. The SMILES string of the molecule is NS(=O)(=O)c1cccc(CNCc2sccc2Br)c1. The fourth-order valence-electron chi connectivity index (χ4n) is 1.60. The number of hydrogen-bond donors (Lipinski definition) is 2. The first kappa shape index (κ1) is 14.7. The fraction of sp³-hybridized carbons (Fsp3) is 0.167. The molecule has 2 aromatic rings. The van der Waals surface area contributed by atoms with Crippen molar-refractivity contribution in [3.05, 3.63) is 50.6 Å². The molecule has 7 heteroatoms. The number of hydrogen-bond acceptors (Lipinski definition) is 4. The molecule has 0 spiro atoms. The van der Waals surface area contributed by atoms with Crippen LogP contribution >= 0.6 is 27.3 Å². The molecule has 0 aliphatic carbocycles. The lowest BCUT2D eigenvalue weighted by atomic mass is 10.2. The van der Waals surface area contributed by atoms with Gasteiger partial charge in [0.2, 0.25) is 10.0 Å². The van der Waals surface area contributed by atoms with Gasteiger partial charge in [0, 0.05) is 22.4 Å². The Labute approximate surface area is 124 Å². The minimum atomic E-state index is -3.63. The third-order valence-corrected chi connectivity index (χ3v) is 5.37. The van der Waals surface area contributed by atoms with Gasteiger partial charge in [0.25, 0.3) is 0 Å². The van der Waals surface area contributed by atoms with E-state index in [9.17, 15) is 8.42 Å². The van der Waals surface area contributed by atoms with Crippen LogP contribution in [0, 0.1) is 0 Å². The second-order valence-corrected chi connectivity index (χ2v) is 7.40. The third-order valence-electron chi connectivity index (χ3n) is 2.53. The van der Waals surface area contributed by atoms with Crippen molar-refractivity contribution in [1.29, 1.82) is 0 Å². The zero-order chi connectivity index (χ0) is 13.9. The summed E-state index contributed by atoms with van der Waals surface area (Å²) in [6.45, 7) is 1.32. The minimum absolute atomic E-state index is 0.143.